The molecule has 0 spiro atoms. The van der Waals surface area contributed by atoms with Crippen molar-refractivity contribution in [3.8, 4) is 0 Å². The second-order valence-electron chi connectivity index (χ2n) is 7.76. The largest absolute Gasteiger partial charge is 0.361 e. The molecular weight excluding hydrogens is 421 g/mol. The molecule has 7 heteroatoms. The van der Waals surface area contributed by atoms with Crippen molar-refractivity contribution in [3.63, 3.8) is 0 Å². The van der Waals surface area contributed by atoms with Crippen molar-refractivity contribution in [1.29, 1.82) is 0 Å². The number of aromatic amines is 1. The molecule has 2 amide bonds. The summed E-state index contributed by atoms with van der Waals surface area (Å²) in [6.07, 6.45) is 2.89. The van der Waals surface area contributed by atoms with Crippen LogP contribution in [0.1, 0.15) is 29.9 Å². The van der Waals surface area contributed by atoms with Gasteiger partial charge >= 0.3 is 0 Å². The van der Waals surface area contributed by atoms with E-state index in [1.165, 1.54) is 0 Å². The number of aromatic nitrogens is 1. The summed E-state index contributed by atoms with van der Waals surface area (Å²) >= 11 is 12.6. The van der Waals surface area contributed by atoms with Gasteiger partial charge in [-0.05, 0) is 35.7 Å². The number of para-hydroxylation sites is 1. The van der Waals surface area contributed by atoms with Gasteiger partial charge in [-0.3, -0.25) is 9.59 Å². The molecule has 0 aliphatic carbocycles. The molecule has 1 fully saturated rings. The van der Waals surface area contributed by atoms with Crippen molar-refractivity contribution in [2.45, 2.75) is 18.8 Å². The lowest BCUT2D eigenvalue weighted by molar-refractivity contribution is -0.139. The van der Waals surface area contributed by atoms with Crippen LogP contribution in [0.3, 0.4) is 0 Å². The fourth-order valence-electron chi connectivity index (χ4n) is 4.07. The van der Waals surface area contributed by atoms with Crippen LogP contribution in [-0.2, 0) is 9.59 Å². The van der Waals surface area contributed by atoms with Gasteiger partial charge in [0.2, 0.25) is 11.8 Å². The second-order valence-corrected chi connectivity index (χ2v) is 8.60. The van der Waals surface area contributed by atoms with Gasteiger partial charge in [-0.15, -0.1) is 0 Å². The number of H-pyrrole nitrogens is 1. The Morgan fingerprint density at radius 3 is 2.80 bits per heavy atom. The molecule has 2 unspecified atom stereocenters. The van der Waals surface area contributed by atoms with E-state index in [1.54, 1.807) is 18.0 Å². The number of carbonyl (C=O) groups excluding carboxylic acids is 2. The summed E-state index contributed by atoms with van der Waals surface area (Å²) in [7, 11) is 1.77. The quantitative estimate of drug-likeness (QED) is 0.605. The van der Waals surface area contributed by atoms with E-state index in [0.29, 0.717) is 29.6 Å². The van der Waals surface area contributed by atoms with Gasteiger partial charge in [0.05, 0.1) is 0 Å². The van der Waals surface area contributed by atoms with Gasteiger partial charge in [0, 0.05) is 65.5 Å². The van der Waals surface area contributed by atoms with Crippen molar-refractivity contribution in [2.24, 2.45) is 5.92 Å². The maximum absolute atomic E-state index is 12.8. The zero-order chi connectivity index (χ0) is 21.3. The second kappa shape index (κ2) is 8.70. The summed E-state index contributed by atoms with van der Waals surface area (Å²) in [6.45, 7) is 0.981. The number of benzene rings is 2. The third kappa shape index (κ3) is 4.18. The highest BCUT2D eigenvalue weighted by Crippen LogP contribution is 2.35. The smallest absolute Gasteiger partial charge is 0.223 e. The minimum absolute atomic E-state index is 0.00956. The first kappa shape index (κ1) is 20.8. The zero-order valence-corrected chi connectivity index (χ0v) is 18.1. The molecular formula is C23H23Cl2N3O2. The summed E-state index contributed by atoms with van der Waals surface area (Å²) in [5.41, 5.74) is 2.97. The number of hydrogen-bond donors (Lipinski definition) is 2. The number of hydrogen-bond acceptors (Lipinski definition) is 2. The Labute approximate surface area is 185 Å². The van der Waals surface area contributed by atoms with Crippen molar-refractivity contribution in [1.82, 2.24) is 15.2 Å². The summed E-state index contributed by atoms with van der Waals surface area (Å²) in [5.74, 6) is -0.531. The molecule has 0 bridgehead atoms. The normalized spacial score (nSPS) is 17.9. The SMILES string of the molecule is CN1CCC(C(=O)NCC(c2ccc(Cl)cc2Cl)c2c[nH]c3ccccc23)CC1=O. The number of nitrogens with zero attached hydrogens (tertiary/aromatic N) is 1. The Morgan fingerprint density at radius 2 is 2.03 bits per heavy atom. The lowest BCUT2D eigenvalue weighted by atomic mass is 9.90. The Balaban J connectivity index is 1.61. The topological polar surface area (TPSA) is 65.2 Å². The maximum Gasteiger partial charge on any atom is 0.223 e. The standard InChI is InChI=1S/C23H23Cl2N3O2/c1-28-9-8-14(10-22(28)29)23(30)27-13-18(16-7-6-15(24)11-20(16)25)19-12-26-21-5-3-2-4-17(19)21/h2-7,11-12,14,18,26H,8-10,13H2,1H3,(H,27,30). The molecule has 1 aliphatic rings. The summed E-state index contributed by atoms with van der Waals surface area (Å²) in [6, 6.07) is 13.5. The van der Waals surface area contributed by atoms with Crippen molar-refractivity contribution < 1.29 is 9.59 Å². The Bertz CT molecular complexity index is 1090. The van der Waals surface area contributed by atoms with Crippen LogP contribution in [0.15, 0.2) is 48.7 Å². The molecule has 0 radical (unpaired) electrons. The van der Waals surface area contributed by atoms with Crippen LogP contribution in [-0.4, -0.2) is 41.8 Å². The monoisotopic (exact) mass is 443 g/mol. The number of rotatable bonds is 5. The number of piperidine rings is 1. The van der Waals surface area contributed by atoms with Crippen molar-refractivity contribution in [3.05, 3.63) is 69.8 Å². The fraction of sp³-hybridized carbons (Fsp3) is 0.304. The van der Waals surface area contributed by atoms with E-state index in [4.69, 9.17) is 23.2 Å². The van der Waals surface area contributed by atoms with Crippen LogP contribution in [0.5, 0.6) is 0 Å². The highest BCUT2D eigenvalue weighted by Gasteiger charge is 2.29. The van der Waals surface area contributed by atoms with E-state index in [2.05, 4.69) is 16.4 Å². The number of carbonyl (C=O) groups is 2. The molecule has 1 aliphatic heterocycles. The van der Waals surface area contributed by atoms with E-state index in [1.807, 2.05) is 36.5 Å². The van der Waals surface area contributed by atoms with Gasteiger partial charge in [-0.25, -0.2) is 0 Å². The number of nitrogens with one attached hydrogen (secondary N) is 2. The summed E-state index contributed by atoms with van der Waals surface area (Å²) in [5, 5.41) is 5.27. The van der Waals surface area contributed by atoms with Gasteiger partial charge in [0.15, 0.2) is 0 Å². The van der Waals surface area contributed by atoms with Crippen molar-refractivity contribution in [2.75, 3.05) is 20.1 Å². The maximum atomic E-state index is 12.8. The molecule has 1 saturated heterocycles. The van der Waals surface area contributed by atoms with E-state index in [9.17, 15) is 9.59 Å². The molecule has 2 N–H and O–H groups in total. The number of fused-ring (bicyclic) bond motifs is 1. The van der Waals surface area contributed by atoms with E-state index in [0.717, 1.165) is 22.0 Å². The molecule has 30 heavy (non-hydrogen) atoms. The van der Waals surface area contributed by atoms with Crippen LogP contribution in [0.2, 0.25) is 10.0 Å². The van der Waals surface area contributed by atoms with Crippen LogP contribution < -0.4 is 5.32 Å². The van der Waals surface area contributed by atoms with E-state index < -0.39 is 0 Å². The minimum atomic E-state index is -0.294. The molecule has 0 saturated carbocycles. The lowest BCUT2D eigenvalue weighted by Gasteiger charge is -2.28. The number of amides is 2. The van der Waals surface area contributed by atoms with Gasteiger partial charge in [-0.2, -0.15) is 0 Å². The molecule has 5 nitrogen and oxygen atoms in total. The van der Waals surface area contributed by atoms with Gasteiger partial charge in [0.1, 0.15) is 0 Å². The van der Waals surface area contributed by atoms with Crippen LogP contribution in [0.25, 0.3) is 10.9 Å². The first-order chi connectivity index (χ1) is 14.4. The summed E-state index contributed by atoms with van der Waals surface area (Å²) in [4.78, 5) is 29.8. The zero-order valence-electron chi connectivity index (χ0n) is 16.6. The van der Waals surface area contributed by atoms with E-state index >= 15 is 0 Å². The fourth-order valence-corrected chi connectivity index (χ4v) is 4.61. The molecule has 2 atom stereocenters. The van der Waals surface area contributed by atoms with E-state index in [-0.39, 0.29) is 30.1 Å². The Hall–Kier alpha value is -2.50. The van der Waals surface area contributed by atoms with Gasteiger partial charge in [-0.1, -0.05) is 47.5 Å². The molecule has 156 valence electrons. The minimum Gasteiger partial charge on any atom is -0.361 e. The highest BCUT2D eigenvalue weighted by atomic mass is 35.5. The van der Waals surface area contributed by atoms with Crippen molar-refractivity contribution >= 4 is 45.9 Å². The van der Waals surface area contributed by atoms with Gasteiger partial charge in [0.25, 0.3) is 0 Å². The van der Waals surface area contributed by atoms with Gasteiger partial charge < -0.3 is 15.2 Å². The highest BCUT2D eigenvalue weighted by molar-refractivity contribution is 6.35. The average Bonchev–Trinajstić information content (AvgIpc) is 3.15. The van der Waals surface area contributed by atoms with Crippen LogP contribution >= 0.6 is 23.2 Å². The Morgan fingerprint density at radius 1 is 1.23 bits per heavy atom. The van der Waals surface area contributed by atoms with Crippen LogP contribution in [0.4, 0.5) is 0 Å². The third-order valence-corrected chi connectivity index (χ3v) is 6.41. The predicted octanol–water partition coefficient (Wildman–Crippen LogP) is 4.59. The van der Waals surface area contributed by atoms with Crippen LogP contribution in [0, 0.1) is 5.92 Å². The predicted molar refractivity (Wildman–Crippen MR) is 120 cm³/mol. The number of halogens is 2. The molecule has 1 aromatic heterocycles. The average molecular weight is 444 g/mol. The molecule has 2 heterocycles. The Kier molecular flexibility index (Phi) is 6.02. The summed E-state index contributed by atoms with van der Waals surface area (Å²) < 4.78 is 0. The molecule has 2 aromatic carbocycles. The molecule has 4 rings (SSSR count). The lowest BCUT2D eigenvalue weighted by Crippen LogP contribution is -2.42. The first-order valence-electron chi connectivity index (χ1n) is 9.96. The third-order valence-electron chi connectivity index (χ3n) is 5.85. The molecule has 3 aromatic rings. The number of likely N-dealkylation sites (tertiary alicyclic amines) is 1. The first-order valence-corrected chi connectivity index (χ1v) is 10.7.